The zero-order valence-corrected chi connectivity index (χ0v) is 69.9. The first-order valence-corrected chi connectivity index (χ1v) is 44.1. The van der Waals surface area contributed by atoms with E-state index in [1.54, 1.807) is 0 Å². The number of aromatic nitrogens is 2. The van der Waals surface area contributed by atoms with Gasteiger partial charge < -0.3 is 9.64 Å². The van der Waals surface area contributed by atoms with E-state index in [2.05, 4.69) is 478 Å². The van der Waals surface area contributed by atoms with E-state index in [0.717, 1.165) is 50.8 Å². The largest absolute Gasteiger partial charge is 0.457 e. The molecule has 0 fully saturated rings. The number of ether oxygens (including phenoxy) is 1. The summed E-state index contributed by atoms with van der Waals surface area (Å²) in [5.74, 6) is 1.82. The average Bonchev–Trinajstić information content (AvgIpc) is 1.43. The zero-order valence-electron chi connectivity index (χ0n) is 69.9. The van der Waals surface area contributed by atoms with Crippen LogP contribution >= 0.6 is 0 Å². The quantitative estimate of drug-likeness (QED) is 0.128. The molecule has 0 amide bonds. The number of pyridine rings is 2. The highest BCUT2D eigenvalue weighted by Gasteiger charge is 2.54. The molecular formula is C124H79N3O. The molecule has 0 atom stereocenters. The fourth-order valence-electron chi connectivity index (χ4n) is 21.9. The van der Waals surface area contributed by atoms with Gasteiger partial charge in [-0.25, -0.2) is 0 Å². The van der Waals surface area contributed by atoms with Crippen molar-refractivity contribution in [3.05, 3.63) is 524 Å². The first-order chi connectivity index (χ1) is 63.5. The monoisotopic (exact) mass is 1630 g/mol. The highest BCUT2D eigenvalue weighted by Crippen LogP contribution is 2.66. The Morgan fingerprint density at radius 3 is 0.961 bits per heavy atom. The molecule has 596 valence electrons. The summed E-state index contributed by atoms with van der Waals surface area (Å²) in [6, 6.07) is 170. The van der Waals surface area contributed by atoms with Crippen molar-refractivity contribution in [2.24, 2.45) is 0 Å². The van der Waals surface area contributed by atoms with Crippen LogP contribution in [-0.4, -0.2) is 9.97 Å². The van der Waals surface area contributed by atoms with E-state index in [4.69, 9.17) is 14.7 Å². The van der Waals surface area contributed by atoms with E-state index >= 15 is 0 Å². The molecule has 4 aliphatic rings. The van der Waals surface area contributed by atoms with Crippen LogP contribution in [0, 0.1) is 0 Å². The van der Waals surface area contributed by atoms with E-state index in [0.29, 0.717) is 0 Å². The molecule has 22 aromatic rings. The van der Waals surface area contributed by atoms with Gasteiger partial charge >= 0.3 is 0 Å². The first kappa shape index (κ1) is 74.0. The molecule has 2 aromatic heterocycles. The van der Waals surface area contributed by atoms with Crippen molar-refractivity contribution in [2.75, 3.05) is 4.90 Å². The smallest absolute Gasteiger partial charge is 0.132 e. The molecule has 4 heteroatoms. The second-order valence-corrected chi connectivity index (χ2v) is 33.9. The minimum absolute atomic E-state index is 0.465. The fourth-order valence-corrected chi connectivity index (χ4v) is 21.9. The molecule has 0 bridgehead atoms. The zero-order chi connectivity index (χ0) is 84.4. The third kappa shape index (κ3) is 11.5. The van der Waals surface area contributed by atoms with Crippen LogP contribution in [0.1, 0.15) is 44.5 Å². The molecule has 26 rings (SSSR count). The molecule has 2 aliphatic carbocycles. The molecule has 0 unspecified atom stereocenters. The maximum atomic E-state index is 6.53. The molecule has 4 nitrogen and oxygen atoms in total. The lowest BCUT2D eigenvalue weighted by atomic mass is 9.63. The van der Waals surface area contributed by atoms with E-state index < -0.39 is 10.8 Å². The second-order valence-electron chi connectivity index (χ2n) is 33.9. The molecule has 0 radical (unpaired) electrons. The molecule has 128 heavy (non-hydrogen) atoms. The van der Waals surface area contributed by atoms with Gasteiger partial charge in [-0.1, -0.05) is 413 Å². The summed E-state index contributed by atoms with van der Waals surface area (Å²) in [5.41, 5.74) is 38.4. The summed E-state index contributed by atoms with van der Waals surface area (Å²) in [7, 11) is 0. The summed E-state index contributed by atoms with van der Waals surface area (Å²) >= 11 is 0. The van der Waals surface area contributed by atoms with Gasteiger partial charge in [0, 0.05) is 51.5 Å². The van der Waals surface area contributed by atoms with Crippen LogP contribution in [0.5, 0.6) is 11.5 Å². The molecule has 2 aliphatic heterocycles. The van der Waals surface area contributed by atoms with Gasteiger partial charge in [-0.15, -0.1) is 0 Å². The number of anilines is 3. The Kier molecular flexibility index (Phi) is 17.4. The van der Waals surface area contributed by atoms with Gasteiger partial charge in [0.1, 0.15) is 11.5 Å². The lowest BCUT2D eigenvalue weighted by Crippen LogP contribution is -2.36. The third-order valence-corrected chi connectivity index (χ3v) is 27.3. The van der Waals surface area contributed by atoms with Crippen molar-refractivity contribution in [3.63, 3.8) is 0 Å². The molecule has 4 heterocycles. The van der Waals surface area contributed by atoms with Crippen LogP contribution in [0.3, 0.4) is 0 Å². The summed E-state index contributed by atoms with van der Waals surface area (Å²) in [6.45, 7) is 0. The Morgan fingerprint density at radius 2 is 0.500 bits per heavy atom. The summed E-state index contributed by atoms with van der Waals surface area (Å²) < 4.78 is 6.53. The van der Waals surface area contributed by atoms with E-state index in [1.165, 1.54) is 188 Å². The Balaban J connectivity index is 0.000000139. The first-order valence-electron chi connectivity index (χ1n) is 44.1. The molecule has 0 N–H and O–H groups in total. The van der Waals surface area contributed by atoms with E-state index in [1.807, 2.05) is 6.20 Å². The second kappa shape index (κ2) is 30.1. The highest BCUT2D eigenvalue weighted by molar-refractivity contribution is 6.23. The van der Waals surface area contributed by atoms with Crippen LogP contribution in [0.25, 0.3) is 166 Å². The number of rotatable bonds is 10. The van der Waals surface area contributed by atoms with Crippen molar-refractivity contribution in [2.45, 2.75) is 10.8 Å². The van der Waals surface area contributed by atoms with Gasteiger partial charge in [-0.3, -0.25) is 9.97 Å². The molecule has 2 spiro atoms. The number of benzene rings is 20. The average molecular weight is 1630 g/mol. The summed E-state index contributed by atoms with van der Waals surface area (Å²) in [4.78, 5) is 13.0. The van der Waals surface area contributed by atoms with Gasteiger partial charge in [0.15, 0.2) is 0 Å². The molecule has 0 saturated carbocycles. The maximum Gasteiger partial charge on any atom is 0.132 e. The Hall–Kier alpha value is -16.7. The van der Waals surface area contributed by atoms with Crippen molar-refractivity contribution in [3.8, 4) is 134 Å². The highest BCUT2D eigenvalue weighted by atomic mass is 16.5. The minimum atomic E-state index is -0.580. The number of hydrogen-bond acceptors (Lipinski definition) is 4. The Morgan fingerprint density at radius 1 is 0.188 bits per heavy atom. The van der Waals surface area contributed by atoms with Gasteiger partial charge in [-0.2, -0.15) is 0 Å². The van der Waals surface area contributed by atoms with Crippen molar-refractivity contribution in [1.29, 1.82) is 0 Å². The van der Waals surface area contributed by atoms with Crippen LogP contribution in [0.2, 0.25) is 0 Å². The van der Waals surface area contributed by atoms with Crippen molar-refractivity contribution in [1.82, 2.24) is 9.97 Å². The van der Waals surface area contributed by atoms with E-state index in [-0.39, 0.29) is 0 Å². The lowest BCUT2D eigenvalue weighted by molar-refractivity contribution is 0.436. The van der Waals surface area contributed by atoms with Crippen molar-refractivity contribution < 1.29 is 4.74 Å². The predicted molar refractivity (Wildman–Crippen MR) is 530 cm³/mol. The Bertz CT molecular complexity index is 7960. The summed E-state index contributed by atoms with van der Waals surface area (Å²) in [5, 5.41) is 9.79. The number of nitrogens with zero attached hydrogens (tertiary/aromatic N) is 3. The maximum absolute atomic E-state index is 6.53. The fraction of sp³-hybridized carbons (Fsp3) is 0.0161. The molecular weight excluding hydrogens is 1550 g/mol. The van der Waals surface area contributed by atoms with Gasteiger partial charge in [0.25, 0.3) is 0 Å². The van der Waals surface area contributed by atoms with Crippen LogP contribution < -0.4 is 9.64 Å². The normalized spacial score (nSPS) is 13.0. The number of hydrogen-bond donors (Lipinski definition) is 0. The van der Waals surface area contributed by atoms with Crippen LogP contribution in [0.15, 0.2) is 480 Å². The standard InChI is InChI=1S/C62H40N2.C62H39NO/c1-3-18-41(19-4-1)42-34-36-43(37-35-42)59-47-23-7-9-25-49(47)60(50-26-10-8-24-48(50)59)44-38-39-56(63-40-44)52-28-17-27-51-46-22-11-12-29-53(46)62(61(51)52)54-30-13-15-32-57(54)64(45-20-5-2-6-21-45)58-33-16-14-31-55(58)62;1-2-14-40(15-3-1)41-28-32-44(33-29-41)60-48-17-4-6-19-50(48)61(51-20-7-5-18-49(51)60)46-35-37-57(63-39-46)43-30-26-42(27-31-43)45-34-36-54-52(38-45)47-16-8-9-21-53(47)62(54)55-22-10-12-24-58(55)64-59-25-13-11-23-56(59)62/h1-40H;1-39H. The topological polar surface area (TPSA) is 38.2 Å². The van der Waals surface area contributed by atoms with Gasteiger partial charge in [0.2, 0.25) is 0 Å². The molecule has 0 saturated heterocycles. The summed E-state index contributed by atoms with van der Waals surface area (Å²) in [6.07, 6.45) is 4.15. The van der Waals surface area contributed by atoms with E-state index in [9.17, 15) is 0 Å². The van der Waals surface area contributed by atoms with Crippen LogP contribution in [-0.2, 0) is 10.8 Å². The minimum Gasteiger partial charge on any atom is -0.457 e. The predicted octanol–water partition coefficient (Wildman–Crippen LogP) is 32.4. The molecule has 20 aromatic carbocycles. The lowest BCUT2D eigenvalue weighted by Gasteiger charge is -2.45. The van der Waals surface area contributed by atoms with Crippen molar-refractivity contribution >= 4 is 60.2 Å². The Labute approximate surface area is 743 Å². The number of para-hydroxylation sites is 5. The SMILES string of the molecule is c1ccc(-c2ccc(-c3c4ccccc4c(-c4ccc(-c5ccc(-c6ccc7c(c6)-c6ccccc6C76c7ccccc7Oc7ccccc76)cc5)nc4)c4ccccc34)cc2)cc1.c1ccc(-c2ccc(-c3c4ccccc4c(-c4ccc(-c5cccc6c5C5(c7ccccc7-6)c6ccccc6N(c6ccccc6)c6ccccc65)nc4)c4ccccc34)cc2)cc1. The third-order valence-electron chi connectivity index (χ3n) is 27.3. The van der Waals surface area contributed by atoms with Gasteiger partial charge in [-0.05, 0) is 220 Å². The van der Waals surface area contributed by atoms with Crippen LogP contribution in [0.4, 0.5) is 17.1 Å². The van der Waals surface area contributed by atoms with Gasteiger partial charge in [0.05, 0.1) is 33.6 Å². The number of fused-ring (bicyclic) bond motifs is 22.